The zero-order valence-corrected chi connectivity index (χ0v) is 45.8. The molecule has 440 valence electrons. The molecular formula is C56H88N4O18. The Morgan fingerprint density at radius 3 is 1.83 bits per heavy atom. The molecule has 3 amide bonds. The van der Waals surface area contributed by atoms with Crippen LogP contribution in [0, 0.1) is 17.8 Å². The van der Waals surface area contributed by atoms with Gasteiger partial charge >= 0.3 is 5.97 Å². The van der Waals surface area contributed by atoms with Crippen molar-refractivity contribution in [1.29, 1.82) is 0 Å². The lowest BCUT2D eigenvalue weighted by atomic mass is 9.81. The number of nitrogens with one attached hydrogen (secondary N) is 2. The van der Waals surface area contributed by atoms with E-state index in [-0.39, 0.29) is 70.2 Å². The predicted molar refractivity (Wildman–Crippen MR) is 286 cm³/mol. The number of cyclic esters (lactones) is 1. The van der Waals surface area contributed by atoms with Gasteiger partial charge in [0.05, 0.1) is 86.0 Å². The van der Waals surface area contributed by atoms with Crippen LogP contribution in [0.3, 0.4) is 0 Å². The van der Waals surface area contributed by atoms with Gasteiger partial charge in [0.2, 0.25) is 17.7 Å². The second kappa shape index (κ2) is 32.7. The number of esters is 1. The number of aliphatic hydroxyl groups excluding tert-OH is 9. The molecule has 4 aliphatic heterocycles. The van der Waals surface area contributed by atoms with Gasteiger partial charge in [0.15, 0.2) is 12.1 Å². The lowest BCUT2D eigenvalue weighted by molar-refractivity contribution is -0.308. The van der Waals surface area contributed by atoms with E-state index in [1.807, 2.05) is 31.2 Å². The molecule has 0 aromatic carbocycles. The summed E-state index contributed by atoms with van der Waals surface area (Å²) in [5.41, 5.74) is 0. The highest BCUT2D eigenvalue weighted by Crippen LogP contribution is 2.39. The van der Waals surface area contributed by atoms with Crippen molar-refractivity contribution in [1.82, 2.24) is 20.4 Å². The van der Waals surface area contributed by atoms with Gasteiger partial charge in [-0.05, 0) is 40.2 Å². The van der Waals surface area contributed by atoms with Gasteiger partial charge in [-0.3, -0.25) is 19.2 Å². The molecule has 0 aromatic rings. The van der Waals surface area contributed by atoms with Crippen molar-refractivity contribution in [3.63, 3.8) is 0 Å². The van der Waals surface area contributed by atoms with Gasteiger partial charge in [-0.15, -0.1) is 0 Å². The van der Waals surface area contributed by atoms with Crippen molar-refractivity contribution in [2.75, 3.05) is 39.8 Å². The maximum Gasteiger partial charge on any atom is 0.308 e. The normalized spacial score (nSPS) is 41.0. The number of carbonyl (C=O) groups is 4. The molecule has 78 heavy (non-hydrogen) atoms. The zero-order chi connectivity index (χ0) is 57.7. The van der Waals surface area contributed by atoms with E-state index in [1.54, 1.807) is 86.6 Å². The predicted octanol–water partition coefficient (Wildman–Crippen LogP) is -0.305. The molecule has 0 unspecified atom stereocenters. The minimum atomic E-state index is -2.34. The first kappa shape index (κ1) is 66.0. The summed E-state index contributed by atoms with van der Waals surface area (Å²) in [6.07, 6.45) is 3.21. The monoisotopic (exact) mass is 1100 g/mol. The minimum absolute atomic E-state index is 0.119. The van der Waals surface area contributed by atoms with Crippen molar-refractivity contribution in [2.45, 2.75) is 183 Å². The lowest BCUT2D eigenvalue weighted by Gasteiger charge is -2.47. The van der Waals surface area contributed by atoms with Crippen molar-refractivity contribution < 1.29 is 89.2 Å². The number of amides is 3. The topological polar surface area (TPSA) is 338 Å². The van der Waals surface area contributed by atoms with Crippen molar-refractivity contribution in [2.24, 2.45) is 17.8 Å². The number of piperazine rings is 1. The van der Waals surface area contributed by atoms with Gasteiger partial charge in [-0.25, -0.2) is 0 Å². The molecule has 0 aliphatic carbocycles. The summed E-state index contributed by atoms with van der Waals surface area (Å²) in [6, 6.07) is -1.24. The highest BCUT2D eigenvalue weighted by molar-refractivity contribution is 5.81. The molecular weight excluding hydrogens is 1020 g/mol. The Hall–Kier alpha value is -4.50. The molecule has 4 aliphatic rings. The van der Waals surface area contributed by atoms with Gasteiger partial charge in [0.1, 0.15) is 18.3 Å². The molecule has 4 rings (SSSR count). The Morgan fingerprint density at radius 1 is 0.667 bits per heavy atom. The first-order valence-electron chi connectivity index (χ1n) is 27.1. The van der Waals surface area contributed by atoms with E-state index in [0.29, 0.717) is 0 Å². The SMILES string of the molecule is CNCC(=O)N[C@@H]1[C@H](O)[C@H](O[C@H]2/C=C/C=C\C=C/C=C\C=C/C=C\C=C/[C@H](C)[C@@H](O)[C@@H](C)[C@H](C)OC(=O)C[C@H](O)C[C@H](O)CC[C@@H](O)[C@H](O)C[C@H](O)C[C@]3(O)C[C@H](O)[C@@H](C(=O)N4CCN(C(C)=O)CC4)[C@H](C2)O3)O[C@H](C)[C@H]1O. The molecule has 12 N–H and O–H groups in total. The Morgan fingerprint density at radius 2 is 1.24 bits per heavy atom. The molecule has 19 atom stereocenters. The largest absolute Gasteiger partial charge is 0.462 e. The van der Waals surface area contributed by atoms with E-state index in [1.165, 1.54) is 18.7 Å². The van der Waals surface area contributed by atoms with Crippen LogP contribution in [0.5, 0.6) is 0 Å². The van der Waals surface area contributed by atoms with Gasteiger partial charge in [0.25, 0.3) is 0 Å². The summed E-state index contributed by atoms with van der Waals surface area (Å²) in [5, 5.41) is 117. The van der Waals surface area contributed by atoms with E-state index in [2.05, 4.69) is 10.6 Å². The van der Waals surface area contributed by atoms with E-state index in [4.69, 9.17) is 18.9 Å². The van der Waals surface area contributed by atoms with E-state index >= 15 is 0 Å². The quantitative estimate of drug-likeness (QED) is 0.152. The number of hydrogen-bond acceptors (Lipinski definition) is 19. The van der Waals surface area contributed by atoms with Crippen molar-refractivity contribution in [3.05, 3.63) is 85.1 Å². The fraction of sp³-hybridized carbons (Fsp3) is 0.679. The summed E-state index contributed by atoms with van der Waals surface area (Å²) in [7, 11) is 1.55. The second-order valence-electron chi connectivity index (χ2n) is 21.1. The zero-order valence-electron chi connectivity index (χ0n) is 45.8. The third-order valence-electron chi connectivity index (χ3n) is 14.7. The number of ether oxygens (including phenoxy) is 4. The standard InChI is InChI=1S/C56H88N4O18/c1-34-19-17-15-13-11-9-7-8-10-12-14-16-18-20-42(77-55-53(72)50(52(71)37(4)76-55)58-47(68)33-57-6)30-46-49(54(73)60-25-23-59(24-26-60)38(5)61)45(67)32-56(74,78-46)31-41(64)28-44(66)43(65)22-21-39(62)27-40(63)29-48(69)75-36(3)35(2)51(34)70/h7-20,34-37,39-46,49-53,55,57,62-67,70-72,74H,21-33H2,1-6H3,(H,58,68)/b8-7-,11-9-,12-10-,15-13-,16-14-,19-17-,20-18+/t34-,35-,36-,37+,39+,40+,41-,42-,43+,44+,45-,46-,49+,50-,51+,52+,53-,55-,56+/m0/s1. The fourth-order valence-electron chi connectivity index (χ4n) is 9.96. The van der Waals surface area contributed by atoms with Crippen LogP contribution in [0.15, 0.2) is 85.1 Å². The highest BCUT2D eigenvalue weighted by atomic mass is 16.7. The van der Waals surface area contributed by atoms with Crippen LogP contribution in [-0.2, 0) is 38.1 Å². The molecule has 22 heteroatoms. The Balaban J connectivity index is 1.67. The first-order chi connectivity index (χ1) is 36.9. The molecule has 0 saturated carbocycles. The van der Waals surface area contributed by atoms with Gasteiger partial charge < -0.3 is 90.4 Å². The van der Waals surface area contributed by atoms with Crippen LogP contribution in [0.4, 0.5) is 0 Å². The number of fused-ring (bicyclic) bond motifs is 2. The van der Waals surface area contributed by atoms with E-state index in [9.17, 15) is 70.2 Å². The number of hydrogen-bond donors (Lipinski definition) is 12. The average Bonchev–Trinajstić information content (AvgIpc) is 3.46. The minimum Gasteiger partial charge on any atom is -0.462 e. The summed E-state index contributed by atoms with van der Waals surface area (Å²) in [4.78, 5) is 55.1. The molecule has 22 nitrogen and oxygen atoms in total. The summed E-state index contributed by atoms with van der Waals surface area (Å²) < 4.78 is 24.2. The molecule has 3 saturated heterocycles. The van der Waals surface area contributed by atoms with E-state index in [0.717, 1.165) is 0 Å². The van der Waals surface area contributed by atoms with Crippen LogP contribution < -0.4 is 10.6 Å². The summed E-state index contributed by atoms with van der Waals surface area (Å²) in [6.45, 7) is 8.77. The van der Waals surface area contributed by atoms with Crippen molar-refractivity contribution >= 4 is 23.7 Å². The highest BCUT2D eigenvalue weighted by Gasteiger charge is 2.52. The average molecular weight is 1110 g/mol. The van der Waals surface area contributed by atoms with Crippen molar-refractivity contribution in [3.8, 4) is 0 Å². The van der Waals surface area contributed by atoms with Gasteiger partial charge in [-0.2, -0.15) is 0 Å². The first-order valence-corrected chi connectivity index (χ1v) is 27.1. The van der Waals surface area contributed by atoms with Gasteiger partial charge in [-0.1, -0.05) is 98.9 Å². The maximum absolute atomic E-state index is 14.5. The van der Waals surface area contributed by atoms with Gasteiger partial charge in [0, 0.05) is 70.6 Å². The van der Waals surface area contributed by atoms with Crippen LogP contribution in [0.2, 0.25) is 0 Å². The van der Waals surface area contributed by atoms with Crippen LogP contribution >= 0.6 is 0 Å². The third-order valence-corrected chi connectivity index (χ3v) is 14.7. The molecule has 0 spiro atoms. The second-order valence-corrected chi connectivity index (χ2v) is 21.1. The number of rotatable bonds is 6. The fourth-order valence-corrected chi connectivity index (χ4v) is 9.96. The van der Waals surface area contributed by atoms with Crippen LogP contribution in [0.1, 0.15) is 86.0 Å². The number of likely N-dealkylation sites (N-methyl/N-ethyl adjacent to an activating group) is 1. The molecule has 2 bridgehead atoms. The molecule has 0 radical (unpaired) electrons. The molecule has 4 heterocycles. The molecule has 0 aromatic heterocycles. The smallest absolute Gasteiger partial charge is 0.308 e. The lowest BCUT2D eigenvalue weighted by Crippen LogP contribution is -2.64. The van der Waals surface area contributed by atoms with E-state index < -0.39 is 153 Å². The maximum atomic E-state index is 14.5. The number of aliphatic hydroxyl groups is 10. The Bertz CT molecular complexity index is 2090. The Kier molecular flexibility index (Phi) is 27.7. The number of nitrogens with zero attached hydrogens (tertiary/aromatic N) is 2. The van der Waals surface area contributed by atoms with Crippen LogP contribution in [0.25, 0.3) is 0 Å². The number of allylic oxidation sites excluding steroid dienone is 12. The Labute approximate surface area is 458 Å². The number of carbonyl (C=O) groups excluding carboxylic acids is 4. The summed E-state index contributed by atoms with van der Waals surface area (Å²) in [5.74, 6) is -6.43. The third kappa shape index (κ3) is 21.2. The molecule has 3 fully saturated rings. The summed E-state index contributed by atoms with van der Waals surface area (Å²) >= 11 is 0. The van der Waals surface area contributed by atoms with Crippen LogP contribution in [-0.4, -0.2) is 222 Å².